The molecule has 2 aliphatic rings. The molecule has 2 aliphatic carbocycles. The van der Waals surface area contributed by atoms with Crippen LogP contribution in [0.5, 0.6) is 0 Å². The van der Waals surface area contributed by atoms with Crippen LogP contribution in [-0.4, -0.2) is 6.43 Å². The van der Waals surface area contributed by atoms with Gasteiger partial charge in [0.2, 0.25) is 6.43 Å². The lowest BCUT2D eigenvalue weighted by molar-refractivity contribution is 0.138. The maximum atomic E-state index is 14.1. The molecule has 21 heavy (non-hydrogen) atoms. The first-order valence-corrected chi connectivity index (χ1v) is 8.12. The number of hydrogen-bond donors (Lipinski definition) is 0. The zero-order valence-corrected chi connectivity index (χ0v) is 12.5. The predicted octanol–water partition coefficient (Wildman–Crippen LogP) is 5.56. The average Bonchev–Trinajstić information content (AvgIpc) is 3.12. The van der Waals surface area contributed by atoms with Gasteiger partial charge in [-0.2, -0.15) is 0 Å². The van der Waals surface area contributed by atoms with Gasteiger partial charge in [-0.15, -0.1) is 0 Å². The van der Waals surface area contributed by atoms with E-state index < -0.39 is 6.43 Å². The van der Waals surface area contributed by atoms with Gasteiger partial charge in [-0.1, -0.05) is 19.1 Å². The van der Waals surface area contributed by atoms with Gasteiger partial charge in [-0.3, -0.25) is 0 Å². The quantitative estimate of drug-likeness (QED) is 0.682. The van der Waals surface area contributed by atoms with E-state index in [0.717, 1.165) is 36.2 Å². The van der Waals surface area contributed by atoms with Crippen LogP contribution < -0.4 is 0 Å². The Bertz CT molecular complexity index is 483. The molecule has 0 nitrogen and oxygen atoms in total. The molecule has 2 fully saturated rings. The Kier molecular flexibility index (Phi) is 4.28. The first-order valence-electron chi connectivity index (χ1n) is 8.12. The molecule has 0 heterocycles. The summed E-state index contributed by atoms with van der Waals surface area (Å²) in [5.41, 5.74) is 1.48. The molecule has 2 unspecified atom stereocenters. The molecule has 1 aromatic rings. The molecule has 0 aromatic heterocycles. The van der Waals surface area contributed by atoms with E-state index in [2.05, 4.69) is 6.92 Å². The van der Waals surface area contributed by atoms with E-state index in [1.807, 2.05) is 6.07 Å². The average molecular weight is 296 g/mol. The Hall–Kier alpha value is -0.990. The lowest BCUT2D eigenvalue weighted by atomic mass is 9.89. The van der Waals surface area contributed by atoms with Crippen molar-refractivity contribution in [2.75, 3.05) is 0 Å². The molecule has 3 heteroatoms. The second-order valence-electron chi connectivity index (χ2n) is 6.82. The highest BCUT2D eigenvalue weighted by Gasteiger charge is 2.47. The highest BCUT2D eigenvalue weighted by Crippen LogP contribution is 2.55. The van der Waals surface area contributed by atoms with Crippen LogP contribution in [0, 0.1) is 23.6 Å². The van der Waals surface area contributed by atoms with Gasteiger partial charge in [0.1, 0.15) is 5.82 Å². The Morgan fingerprint density at radius 1 is 1.10 bits per heavy atom. The van der Waals surface area contributed by atoms with Crippen molar-refractivity contribution in [3.8, 4) is 0 Å². The predicted molar refractivity (Wildman–Crippen MR) is 78.1 cm³/mol. The highest BCUT2D eigenvalue weighted by molar-refractivity contribution is 5.27. The summed E-state index contributed by atoms with van der Waals surface area (Å²) in [6.07, 6.45) is 2.29. The minimum absolute atomic E-state index is 0.121. The molecule has 1 aromatic carbocycles. The minimum Gasteiger partial charge on any atom is -0.211 e. The third-order valence-corrected chi connectivity index (χ3v) is 5.64. The maximum Gasteiger partial charge on any atom is 0.239 e. The largest absolute Gasteiger partial charge is 0.239 e. The molecule has 116 valence electrons. The van der Waals surface area contributed by atoms with Crippen LogP contribution in [0.25, 0.3) is 0 Å². The van der Waals surface area contributed by atoms with Crippen LogP contribution in [0.1, 0.15) is 56.1 Å². The van der Waals surface area contributed by atoms with Gasteiger partial charge in [0.05, 0.1) is 0 Å². The van der Waals surface area contributed by atoms with Crippen molar-refractivity contribution in [3.63, 3.8) is 0 Å². The summed E-state index contributed by atoms with van der Waals surface area (Å²) in [6.45, 7) is 2.34. The molecule has 2 saturated carbocycles. The van der Waals surface area contributed by atoms with Crippen molar-refractivity contribution in [1.29, 1.82) is 0 Å². The molecule has 2 atom stereocenters. The van der Waals surface area contributed by atoms with Crippen molar-refractivity contribution in [1.82, 2.24) is 0 Å². The van der Waals surface area contributed by atoms with Crippen LogP contribution in [0.15, 0.2) is 18.2 Å². The van der Waals surface area contributed by atoms with Crippen LogP contribution in [0.2, 0.25) is 0 Å². The molecular weight excluding hydrogens is 273 g/mol. The van der Waals surface area contributed by atoms with Gasteiger partial charge < -0.3 is 0 Å². The third-order valence-electron chi connectivity index (χ3n) is 5.64. The maximum absolute atomic E-state index is 14.1. The molecule has 0 saturated heterocycles. The number of aryl methyl sites for hydroxylation is 1. The van der Waals surface area contributed by atoms with Crippen molar-refractivity contribution < 1.29 is 13.2 Å². The summed E-state index contributed by atoms with van der Waals surface area (Å²) >= 11 is 0. The number of rotatable bonds is 4. The molecule has 0 aliphatic heterocycles. The van der Waals surface area contributed by atoms with E-state index >= 15 is 0 Å². The van der Waals surface area contributed by atoms with E-state index in [9.17, 15) is 13.2 Å². The fourth-order valence-electron chi connectivity index (χ4n) is 4.14. The third kappa shape index (κ3) is 3.27. The van der Waals surface area contributed by atoms with Gasteiger partial charge in [-0.05, 0) is 73.0 Å². The topological polar surface area (TPSA) is 0 Å². The highest BCUT2D eigenvalue weighted by atomic mass is 19.3. The van der Waals surface area contributed by atoms with Crippen LogP contribution in [-0.2, 0) is 6.42 Å². The number of benzene rings is 1. The summed E-state index contributed by atoms with van der Waals surface area (Å²) in [7, 11) is 0. The van der Waals surface area contributed by atoms with Gasteiger partial charge in [0.25, 0.3) is 0 Å². The van der Waals surface area contributed by atoms with Crippen LogP contribution >= 0.6 is 0 Å². The molecule has 0 N–H and O–H groups in total. The summed E-state index contributed by atoms with van der Waals surface area (Å²) in [6, 6.07) is 5.25. The lowest BCUT2D eigenvalue weighted by Crippen LogP contribution is -2.02. The summed E-state index contributed by atoms with van der Waals surface area (Å²) in [5.74, 6) is 2.81. The van der Waals surface area contributed by atoms with Crippen LogP contribution in [0.3, 0.4) is 0 Å². The summed E-state index contributed by atoms with van der Waals surface area (Å²) in [5, 5.41) is 0. The van der Waals surface area contributed by atoms with E-state index in [1.54, 1.807) is 12.1 Å². The van der Waals surface area contributed by atoms with Crippen molar-refractivity contribution in [2.45, 2.75) is 57.8 Å². The Morgan fingerprint density at radius 2 is 1.76 bits per heavy atom. The smallest absolute Gasteiger partial charge is 0.211 e. The Labute approximate surface area is 124 Å². The number of halogens is 3. The number of hydrogen-bond acceptors (Lipinski definition) is 0. The van der Waals surface area contributed by atoms with Gasteiger partial charge in [0.15, 0.2) is 0 Å². The monoisotopic (exact) mass is 296 g/mol. The number of fused-ring (bicyclic) bond motifs is 1. The second-order valence-corrected chi connectivity index (χ2v) is 6.82. The fraction of sp³-hybridized carbons (Fsp3) is 0.667. The van der Waals surface area contributed by atoms with Crippen molar-refractivity contribution in [3.05, 3.63) is 35.1 Å². The first kappa shape index (κ1) is 14.9. The number of alkyl halides is 2. The van der Waals surface area contributed by atoms with Gasteiger partial charge in [-0.25, -0.2) is 13.2 Å². The van der Waals surface area contributed by atoms with Crippen LogP contribution in [0.4, 0.5) is 13.2 Å². The zero-order chi connectivity index (χ0) is 15.0. The van der Waals surface area contributed by atoms with Gasteiger partial charge >= 0.3 is 0 Å². The van der Waals surface area contributed by atoms with Crippen molar-refractivity contribution >= 4 is 0 Å². The molecule has 0 amide bonds. The molecule has 0 radical (unpaired) electrons. The molecule has 0 spiro atoms. The second kappa shape index (κ2) is 6.02. The first-order chi connectivity index (χ1) is 10.1. The van der Waals surface area contributed by atoms with Crippen molar-refractivity contribution in [2.24, 2.45) is 17.8 Å². The molecular formula is C18H23F3. The normalized spacial score (nSPS) is 31.9. The Morgan fingerprint density at radius 3 is 2.33 bits per heavy atom. The van der Waals surface area contributed by atoms with E-state index in [0.29, 0.717) is 11.5 Å². The lowest BCUT2D eigenvalue weighted by Gasteiger charge is -2.17. The van der Waals surface area contributed by atoms with Gasteiger partial charge in [0, 0.05) is 6.42 Å². The molecule has 0 bridgehead atoms. The SMILES string of the molecule is CC1C2CCC(c3ccc(CCC(F)F)c(F)c3)CCC12. The van der Waals surface area contributed by atoms with E-state index in [1.165, 1.54) is 12.8 Å². The Balaban J connectivity index is 1.64. The fourth-order valence-corrected chi connectivity index (χ4v) is 4.14. The molecule has 3 rings (SSSR count). The standard InChI is InChI=1S/C18H23F3/c1-11-15-7-4-12(5-8-16(11)15)14-3-2-13(17(19)10-14)6-9-18(20)21/h2-3,10-12,15-16,18H,4-9H2,1H3. The van der Waals surface area contributed by atoms with E-state index in [4.69, 9.17) is 0 Å². The van der Waals surface area contributed by atoms with E-state index in [-0.39, 0.29) is 18.7 Å². The minimum atomic E-state index is -2.36. The zero-order valence-electron chi connectivity index (χ0n) is 12.5. The summed E-state index contributed by atoms with van der Waals surface area (Å²) < 4.78 is 38.5. The summed E-state index contributed by atoms with van der Waals surface area (Å²) in [4.78, 5) is 0.